The second-order valence-corrected chi connectivity index (χ2v) is 6.87. The Morgan fingerprint density at radius 1 is 0.680 bits per heavy atom. The van der Waals surface area contributed by atoms with E-state index in [1.54, 1.807) is 0 Å². The van der Waals surface area contributed by atoms with Gasteiger partial charge in [0.05, 0.1) is 0 Å². The predicted octanol–water partition coefficient (Wildman–Crippen LogP) is 6.05. The van der Waals surface area contributed by atoms with Crippen molar-refractivity contribution in [2.24, 2.45) is 0 Å². The van der Waals surface area contributed by atoms with Crippen LogP contribution in [0.25, 0.3) is 12.2 Å². The van der Waals surface area contributed by atoms with E-state index in [2.05, 4.69) is 89.9 Å². The molecule has 2 aromatic rings. The molecule has 0 radical (unpaired) electrons. The fourth-order valence-corrected chi connectivity index (χ4v) is 3.60. The lowest BCUT2D eigenvalue weighted by molar-refractivity contribution is 0.190. The molecule has 0 amide bonds. The van der Waals surface area contributed by atoms with Gasteiger partial charge in [-0.1, -0.05) is 104 Å². The summed E-state index contributed by atoms with van der Waals surface area (Å²) in [5.74, 6) is 0. The second-order valence-electron chi connectivity index (χ2n) is 6.87. The second kappa shape index (κ2) is 10.0. The molecule has 1 saturated carbocycles. The molecule has 0 saturated heterocycles. The van der Waals surface area contributed by atoms with Gasteiger partial charge in [0.25, 0.3) is 0 Å². The molecule has 0 aromatic heterocycles. The highest BCUT2D eigenvalue weighted by Crippen LogP contribution is 2.22. The topological polar surface area (TPSA) is 3.24 Å². The number of rotatable bonds is 7. The summed E-state index contributed by atoms with van der Waals surface area (Å²) >= 11 is 0. The summed E-state index contributed by atoms with van der Waals surface area (Å²) in [5, 5.41) is 0. The quantitative estimate of drug-likeness (QED) is 0.597. The fraction of sp³-hybridized carbons (Fsp3) is 0.333. The minimum Gasteiger partial charge on any atom is -0.293 e. The van der Waals surface area contributed by atoms with Gasteiger partial charge in [0.2, 0.25) is 0 Å². The zero-order valence-corrected chi connectivity index (χ0v) is 15.1. The SMILES string of the molecule is C(=C\c1ccccc1)/CN(C/C=C/c1ccccc1)C1CCCCC1. The standard InChI is InChI=1S/C24H29N/c1-4-12-22(13-5-1)16-10-20-25(24-18-8-3-9-19-24)21-11-17-23-14-6-2-7-15-23/h1-2,4-7,10-17,24H,3,8-9,18-21H2/b16-10+,17-11+. The molecule has 0 unspecified atom stereocenters. The van der Waals surface area contributed by atoms with Gasteiger partial charge >= 0.3 is 0 Å². The molecule has 25 heavy (non-hydrogen) atoms. The van der Waals surface area contributed by atoms with Crippen LogP contribution in [0.15, 0.2) is 72.8 Å². The molecule has 0 atom stereocenters. The molecule has 1 fully saturated rings. The average Bonchev–Trinajstić information content (AvgIpc) is 2.69. The van der Waals surface area contributed by atoms with Crippen molar-refractivity contribution in [1.82, 2.24) is 4.90 Å². The van der Waals surface area contributed by atoms with Crippen molar-refractivity contribution in [1.29, 1.82) is 0 Å². The minimum atomic E-state index is 0.731. The van der Waals surface area contributed by atoms with Crippen molar-refractivity contribution >= 4 is 12.2 Å². The maximum Gasteiger partial charge on any atom is 0.0172 e. The van der Waals surface area contributed by atoms with Gasteiger partial charge in [-0.2, -0.15) is 0 Å². The first kappa shape index (κ1) is 17.7. The first-order valence-corrected chi connectivity index (χ1v) is 9.59. The van der Waals surface area contributed by atoms with Crippen LogP contribution in [0.4, 0.5) is 0 Å². The molecule has 0 heterocycles. The van der Waals surface area contributed by atoms with Gasteiger partial charge in [-0.3, -0.25) is 4.90 Å². The third kappa shape index (κ3) is 6.03. The lowest BCUT2D eigenvalue weighted by Crippen LogP contribution is -2.37. The molecule has 0 bridgehead atoms. The summed E-state index contributed by atoms with van der Waals surface area (Å²) in [6.07, 6.45) is 16.0. The molecular formula is C24H29N. The van der Waals surface area contributed by atoms with Crippen molar-refractivity contribution in [3.8, 4) is 0 Å². The highest BCUT2D eigenvalue weighted by Gasteiger charge is 2.19. The lowest BCUT2D eigenvalue weighted by Gasteiger charge is -2.32. The van der Waals surface area contributed by atoms with E-state index in [0.29, 0.717) is 0 Å². The van der Waals surface area contributed by atoms with Crippen molar-refractivity contribution in [3.05, 3.63) is 83.9 Å². The molecule has 1 aliphatic carbocycles. The van der Waals surface area contributed by atoms with Crippen molar-refractivity contribution in [2.45, 2.75) is 38.1 Å². The van der Waals surface area contributed by atoms with Crippen LogP contribution in [0.5, 0.6) is 0 Å². The third-order valence-corrected chi connectivity index (χ3v) is 4.99. The third-order valence-electron chi connectivity index (χ3n) is 4.99. The Morgan fingerprint density at radius 2 is 1.16 bits per heavy atom. The van der Waals surface area contributed by atoms with Crippen LogP contribution in [0.3, 0.4) is 0 Å². The molecule has 0 N–H and O–H groups in total. The lowest BCUT2D eigenvalue weighted by atomic mass is 9.94. The molecule has 3 rings (SSSR count). The van der Waals surface area contributed by atoms with Crippen LogP contribution in [0.2, 0.25) is 0 Å². The highest BCUT2D eigenvalue weighted by atomic mass is 15.1. The van der Waals surface area contributed by atoms with Gasteiger partial charge in [-0.15, -0.1) is 0 Å². The van der Waals surface area contributed by atoms with Crippen molar-refractivity contribution in [3.63, 3.8) is 0 Å². The molecule has 2 aromatic carbocycles. The van der Waals surface area contributed by atoms with Crippen LogP contribution in [-0.2, 0) is 0 Å². The molecule has 0 spiro atoms. The van der Waals surface area contributed by atoms with E-state index in [9.17, 15) is 0 Å². The Bertz CT molecular complexity index is 600. The van der Waals surface area contributed by atoms with E-state index in [0.717, 1.165) is 19.1 Å². The van der Waals surface area contributed by atoms with E-state index in [-0.39, 0.29) is 0 Å². The Morgan fingerprint density at radius 3 is 1.64 bits per heavy atom. The zero-order chi connectivity index (χ0) is 17.2. The monoisotopic (exact) mass is 331 g/mol. The maximum atomic E-state index is 2.64. The summed E-state index contributed by atoms with van der Waals surface area (Å²) < 4.78 is 0. The first-order chi connectivity index (χ1) is 12.4. The van der Waals surface area contributed by atoms with Gasteiger partial charge in [0.1, 0.15) is 0 Å². The van der Waals surface area contributed by atoms with Gasteiger partial charge < -0.3 is 0 Å². The maximum absolute atomic E-state index is 2.64. The highest BCUT2D eigenvalue weighted by molar-refractivity contribution is 5.49. The van der Waals surface area contributed by atoms with Gasteiger partial charge in [0.15, 0.2) is 0 Å². The van der Waals surface area contributed by atoms with E-state index >= 15 is 0 Å². The number of benzene rings is 2. The van der Waals surface area contributed by atoms with Gasteiger partial charge in [-0.05, 0) is 24.0 Å². The van der Waals surface area contributed by atoms with Crippen LogP contribution < -0.4 is 0 Å². The number of nitrogens with zero attached hydrogens (tertiary/aromatic N) is 1. The summed E-state index contributed by atoms with van der Waals surface area (Å²) in [4.78, 5) is 2.64. The van der Waals surface area contributed by atoms with Crippen LogP contribution >= 0.6 is 0 Å². The molecule has 1 aliphatic rings. The van der Waals surface area contributed by atoms with Gasteiger partial charge in [0, 0.05) is 19.1 Å². The molecule has 0 aliphatic heterocycles. The summed E-state index contributed by atoms with van der Waals surface area (Å²) in [6.45, 7) is 2.05. The Labute approximate surface area is 152 Å². The smallest absolute Gasteiger partial charge is 0.0172 e. The summed E-state index contributed by atoms with van der Waals surface area (Å²) in [5.41, 5.74) is 2.57. The number of hydrogen-bond acceptors (Lipinski definition) is 1. The Hall–Kier alpha value is -2.12. The molecular weight excluding hydrogens is 302 g/mol. The summed E-state index contributed by atoms with van der Waals surface area (Å²) in [7, 11) is 0. The van der Waals surface area contributed by atoms with Crippen molar-refractivity contribution in [2.75, 3.05) is 13.1 Å². The van der Waals surface area contributed by atoms with Crippen LogP contribution in [0.1, 0.15) is 43.2 Å². The first-order valence-electron chi connectivity index (χ1n) is 9.59. The predicted molar refractivity (Wildman–Crippen MR) is 109 cm³/mol. The molecule has 1 heteroatoms. The minimum absolute atomic E-state index is 0.731. The van der Waals surface area contributed by atoms with Crippen LogP contribution in [-0.4, -0.2) is 24.0 Å². The molecule has 1 nitrogen and oxygen atoms in total. The van der Waals surface area contributed by atoms with Gasteiger partial charge in [-0.25, -0.2) is 0 Å². The Kier molecular flexibility index (Phi) is 7.08. The average molecular weight is 332 g/mol. The summed E-state index contributed by atoms with van der Waals surface area (Å²) in [6, 6.07) is 21.9. The van der Waals surface area contributed by atoms with E-state index in [1.807, 2.05) is 0 Å². The van der Waals surface area contributed by atoms with Crippen molar-refractivity contribution < 1.29 is 0 Å². The normalized spacial score (nSPS) is 16.2. The zero-order valence-electron chi connectivity index (χ0n) is 15.1. The Balaban J connectivity index is 1.60. The fourth-order valence-electron chi connectivity index (χ4n) is 3.60. The van der Waals surface area contributed by atoms with E-state index in [4.69, 9.17) is 0 Å². The number of hydrogen-bond donors (Lipinski definition) is 0. The molecule has 130 valence electrons. The van der Waals surface area contributed by atoms with E-state index < -0.39 is 0 Å². The van der Waals surface area contributed by atoms with Crippen LogP contribution in [0, 0.1) is 0 Å². The van der Waals surface area contributed by atoms with E-state index in [1.165, 1.54) is 43.2 Å². The largest absolute Gasteiger partial charge is 0.293 e.